The fourth-order valence-corrected chi connectivity index (χ4v) is 4.78. The molecule has 0 saturated carbocycles. The highest BCUT2D eigenvalue weighted by Gasteiger charge is 2.47. The van der Waals surface area contributed by atoms with Gasteiger partial charge in [-0.3, -0.25) is 4.79 Å². The van der Waals surface area contributed by atoms with E-state index in [1.807, 2.05) is 39.8 Å². The summed E-state index contributed by atoms with van der Waals surface area (Å²) in [4.78, 5) is 13.9. The van der Waals surface area contributed by atoms with Gasteiger partial charge in [-0.2, -0.15) is 0 Å². The maximum absolute atomic E-state index is 13.9. The maximum atomic E-state index is 13.9. The minimum Gasteiger partial charge on any atom is -0.496 e. The van der Waals surface area contributed by atoms with Crippen LogP contribution in [-0.4, -0.2) is 30.5 Å². The summed E-state index contributed by atoms with van der Waals surface area (Å²) in [6.45, 7) is 12.1. The van der Waals surface area contributed by atoms with Crippen LogP contribution >= 0.6 is 0 Å². The quantitative estimate of drug-likeness (QED) is 0.366. The molecule has 3 heterocycles. The highest BCUT2D eigenvalue weighted by molar-refractivity contribution is 5.97. The third-order valence-corrected chi connectivity index (χ3v) is 6.84. The van der Waals surface area contributed by atoms with Gasteiger partial charge in [-0.25, -0.2) is 0 Å². The van der Waals surface area contributed by atoms with Crippen LogP contribution in [0.3, 0.4) is 0 Å². The van der Waals surface area contributed by atoms with E-state index >= 15 is 0 Å². The molecule has 1 N–H and O–H groups in total. The fraction of sp³-hybridized carbons (Fsp3) is 0.423. The Morgan fingerprint density at radius 1 is 1.31 bits per heavy atom. The molecule has 0 radical (unpaired) electrons. The molecule has 168 valence electrons. The Hall–Kier alpha value is -2.83. The van der Waals surface area contributed by atoms with Crippen LogP contribution in [0.25, 0.3) is 21.9 Å². The second-order valence-corrected chi connectivity index (χ2v) is 9.49. The Morgan fingerprint density at radius 3 is 2.66 bits per heavy atom. The van der Waals surface area contributed by atoms with Crippen molar-refractivity contribution in [3.63, 3.8) is 0 Å². The second kappa shape index (κ2) is 7.09. The molecular weight excluding hydrogens is 408 g/mol. The van der Waals surface area contributed by atoms with Gasteiger partial charge in [0.1, 0.15) is 28.1 Å². The van der Waals surface area contributed by atoms with E-state index in [2.05, 4.69) is 6.58 Å². The Bertz CT molecular complexity index is 1330. The highest BCUT2D eigenvalue weighted by Crippen LogP contribution is 2.45. The molecule has 2 aromatic carbocycles. The molecular formula is C26H28O6. The van der Waals surface area contributed by atoms with Gasteiger partial charge in [0.05, 0.1) is 36.9 Å². The molecule has 5 rings (SSSR count). The first-order valence-corrected chi connectivity index (χ1v) is 10.9. The van der Waals surface area contributed by atoms with Crippen LogP contribution in [0, 0.1) is 12.8 Å². The zero-order chi connectivity index (χ0) is 22.9. The van der Waals surface area contributed by atoms with E-state index in [9.17, 15) is 9.90 Å². The van der Waals surface area contributed by atoms with Gasteiger partial charge in [0.2, 0.25) is 5.43 Å². The maximum Gasteiger partial charge on any atom is 0.204 e. The number of hydrogen-bond donors (Lipinski definition) is 1. The number of aliphatic hydroxyl groups excluding tert-OH is 1. The summed E-state index contributed by atoms with van der Waals surface area (Å²) in [5.41, 5.74) is 3.47. The minimum atomic E-state index is -0.908. The van der Waals surface area contributed by atoms with Gasteiger partial charge in [0.15, 0.2) is 0 Å². The van der Waals surface area contributed by atoms with Crippen molar-refractivity contribution in [2.75, 3.05) is 13.7 Å². The number of aryl methyl sites for hydroxylation is 1. The summed E-state index contributed by atoms with van der Waals surface area (Å²) in [6, 6.07) is 5.53. The molecule has 32 heavy (non-hydrogen) atoms. The summed E-state index contributed by atoms with van der Waals surface area (Å²) < 4.78 is 23.6. The van der Waals surface area contributed by atoms with Crippen molar-refractivity contribution in [3.05, 3.63) is 57.3 Å². The topological polar surface area (TPSA) is 81.4 Å². The Kier molecular flexibility index (Phi) is 4.66. The van der Waals surface area contributed by atoms with Gasteiger partial charge in [-0.1, -0.05) is 18.2 Å². The van der Waals surface area contributed by atoms with Crippen molar-refractivity contribution in [2.45, 2.75) is 51.9 Å². The van der Waals surface area contributed by atoms with Gasteiger partial charge >= 0.3 is 0 Å². The fourth-order valence-electron chi connectivity index (χ4n) is 4.78. The molecule has 1 saturated heterocycles. The second-order valence-electron chi connectivity index (χ2n) is 9.49. The van der Waals surface area contributed by atoms with Crippen LogP contribution in [0.1, 0.15) is 43.6 Å². The number of fused-ring (bicyclic) bond motifs is 4. The van der Waals surface area contributed by atoms with E-state index in [0.29, 0.717) is 52.0 Å². The molecule has 1 aromatic heterocycles. The Labute approximate surface area is 186 Å². The van der Waals surface area contributed by atoms with Crippen LogP contribution in [0.2, 0.25) is 0 Å². The smallest absolute Gasteiger partial charge is 0.204 e. The molecule has 0 aliphatic carbocycles. The standard InChI is InChI=1S/C26H28O6/c1-12(2)15-11-30-24-13(3)9-17-19(21(24)22(15)27)23(28)20-16(29-6)8-7-14(25(20)31-17)10-18-26(4,5)32-18/h7-9,15,18,22,27H,1,10-11H2,2-6H3/t15-,18-,22+/m0/s1. The van der Waals surface area contributed by atoms with E-state index in [1.54, 1.807) is 6.07 Å². The van der Waals surface area contributed by atoms with Crippen molar-refractivity contribution in [1.82, 2.24) is 0 Å². The molecule has 3 aromatic rings. The molecule has 0 amide bonds. The van der Waals surface area contributed by atoms with Crippen LogP contribution in [0.15, 0.2) is 39.6 Å². The molecule has 2 aliphatic rings. The summed E-state index contributed by atoms with van der Waals surface area (Å²) in [6.07, 6.45) is -0.208. The molecule has 0 unspecified atom stereocenters. The van der Waals surface area contributed by atoms with Gasteiger partial charge in [-0.15, -0.1) is 0 Å². The number of aliphatic hydroxyl groups is 1. The summed E-state index contributed by atoms with van der Waals surface area (Å²) >= 11 is 0. The highest BCUT2D eigenvalue weighted by atomic mass is 16.6. The lowest BCUT2D eigenvalue weighted by Gasteiger charge is -2.32. The molecule has 1 fully saturated rings. The molecule has 3 atom stereocenters. The van der Waals surface area contributed by atoms with Crippen molar-refractivity contribution in [2.24, 2.45) is 5.92 Å². The monoisotopic (exact) mass is 436 g/mol. The number of epoxide rings is 1. The van der Waals surface area contributed by atoms with Gasteiger partial charge in [0, 0.05) is 17.9 Å². The molecule has 0 spiro atoms. The molecule has 0 bridgehead atoms. The third kappa shape index (κ3) is 3.05. The number of benzene rings is 2. The zero-order valence-corrected chi connectivity index (χ0v) is 19.1. The van der Waals surface area contributed by atoms with Crippen LogP contribution in [0.4, 0.5) is 0 Å². The summed E-state index contributed by atoms with van der Waals surface area (Å²) in [7, 11) is 1.53. The van der Waals surface area contributed by atoms with Gasteiger partial charge < -0.3 is 23.7 Å². The Balaban J connectivity index is 1.82. The average molecular weight is 437 g/mol. The largest absolute Gasteiger partial charge is 0.496 e. The van der Waals surface area contributed by atoms with E-state index in [-0.39, 0.29) is 23.1 Å². The number of rotatable bonds is 4. The first-order chi connectivity index (χ1) is 15.1. The third-order valence-electron chi connectivity index (χ3n) is 6.84. The first kappa shape index (κ1) is 21.0. The lowest BCUT2D eigenvalue weighted by atomic mass is 9.85. The van der Waals surface area contributed by atoms with E-state index < -0.39 is 6.10 Å². The number of hydrogen-bond acceptors (Lipinski definition) is 6. The number of methoxy groups -OCH3 is 1. The van der Waals surface area contributed by atoms with Gasteiger partial charge in [-0.05, 0) is 51.0 Å². The number of ether oxygens (including phenoxy) is 3. The first-order valence-electron chi connectivity index (χ1n) is 10.9. The molecule has 2 aliphatic heterocycles. The van der Waals surface area contributed by atoms with Crippen molar-refractivity contribution in [1.29, 1.82) is 0 Å². The van der Waals surface area contributed by atoms with E-state index in [1.165, 1.54) is 7.11 Å². The van der Waals surface area contributed by atoms with Crippen molar-refractivity contribution >= 4 is 21.9 Å². The van der Waals surface area contributed by atoms with E-state index in [4.69, 9.17) is 18.6 Å². The normalized spacial score (nSPS) is 23.6. The summed E-state index contributed by atoms with van der Waals surface area (Å²) in [5.74, 6) is 0.676. The minimum absolute atomic E-state index is 0.0666. The molecule has 6 nitrogen and oxygen atoms in total. The summed E-state index contributed by atoms with van der Waals surface area (Å²) in [5, 5.41) is 11.9. The predicted octanol–water partition coefficient (Wildman–Crippen LogP) is 4.60. The van der Waals surface area contributed by atoms with E-state index in [0.717, 1.165) is 16.7 Å². The van der Waals surface area contributed by atoms with Crippen molar-refractivity contribution < 1.29 is 23.7 Å². The van der Waals surface area contributed by atoms with Gasteiger partial charge in [0.25, 0.3) is 0 Å². The SMILES string of the molecule is C=C(C)[C@@H]1COc2c(C)cc3oc4c(C[C@@H]5OC5(C)C)ccc(OC)c4c(=O)c3c2[C@@H]1O. The zero-order valence-electron chi connectivity index (χ0n) is 19.1. The molecule has 6 heteroatoms. The Morgan fingerprint density at radius 2 is 2.03 bits per heavy atom. The average Bonchev–Trinajstić information content (AvgIpc) is 3.34. The van der Waals surface area contributed by atoms with Crippen LogP contribution < -0.4 is 14.9 Å². The predicted molar refractivity (Wildman–Crippen MR) is 123 cm³/mol. The van der Waals surface area contributed by atoms with Crippen LogP contribution in [0.5, 0.6) is 11.5 Å². The lowest BCUT2D eigenvalue weighted by molar-refractivity contribution is 0.0701. The lowest BCUT2D eigenvalue weighted by Crippen LogP contribution is -2.28. The van der Waals surface area contributed by atoms with Crippen LogP contribution in [-0.2, 0) is 11.2 Å². The van der Waals surface area contributed by atoms with Crippen molar-refractivity contribution in [3.8, 4) is 11.5 Å².